The highest BCUT2D eigenvalue weighted by molar-refractivity contribution is 5.90. The van der Waals surface area contributed by atoms with Crippen molar-refractivity contribution < 1.29 is 4.79 Å². The maximum absolute atomic E-state index is 12.0. The predicted molar refractivity (Wildman–Crippen MR) is 76.8 cm³/mol. The van der Waals surface area contributed by atoms with Gasteiger partial charge in [0.2, 0.25) is 11.9 Å². The average molecular weight is 264 g/mol. The lowest BCUT2D eigenvalue weighted by molar-refractivity contribution is -0.119. The van der Waals surface area contributed by atoms with Crippen molar-refractivity contribution in [3.63, 3.8) is 0 Å². The van der Waals surface area contributed by atoms with Crippen LogP contribution in [0.25, 0.3) is 0 Å². The van der Waals surface area contributed by atoms with E-state index in [0.717, 1.165) is 30.7 Å². The van der Waals surface area contributed by atoms with E-state index in [9.17, 15) is 4.79 Å². The van der Waals surface area contributed by atoms with Crippen LogP contribution in [0.15, 0.2) is 6.07 Å². The molecule has 0 saturated heterocycles. The van der Waals surface area contributed by atoms with Gasteiger partial charge >= 0.3 is 0 Å². The molecular formula is C14H24N4O. The van der Waals surface area contributed by atoms with Gasteiger partial charge in [0.25, 0.3) is 0 Å². The smallest absolute Gasteiger partial charge is 0.229 e. The third kappa shape index (κ3) is 5.79. The van der Waals surface area contributed by atoms with E-state index in [1.54, 1.807) is 0 Å². The van der Waals surface area contributed by atoms with Crippen LogP contribution in [-0.2, 0) is 4.79 Å². The van der Waals surface area contributed by atoms with Crippen LogP contribution in [0.2, 0.25) is 0 Å². The van der Waals surface area contributed by atoms with Crippen molar-refractivity contribution in [2.45, 2.75) is 53.0 Å². The molecule has 1 heterocycles. The largest absolute Gasteiger partial charge is 0.328 e. The average Bonchev–Trinajstić information content (AvgIpc) is 2.26. The molecule has 1 rings (SSSR count). The number of carbonyl (C=O) groups is 1. The Morgan fingerprint density at radius 2 is 1.84 bits per heavy atom. The Hall–Kier alpha value is -1.49. The zero-order valence-corrected chi connectivity index (χ0v) is 12.2. The molecule has 0 aromatic carbocycles. The number of carbonyl (C=O) groups excluding carboxylic acids is 1. The molecule has 106 valence electrons. The van der Waals surface area contributed by atoms with E-state index in [2.05, 4.69) is 15.3 Å². The maximum Gasteiger partial charge on any atom is 0.229 e. The molecule has 19 heavy (non-hydrogen) atoms. The molecule has 0 aliphatic heterocycles. The zero-order valence-electron chi connectivity index (χ0n) is 12.2. The molecule has 5 heteroatoms. The molecule has 0 spiro atoms. The minimum atomic E-state index is -0.0526. The van der Waals surface area contributed by atoms with Crippen LogP contribution in [0.4, 0.5) is 5.95 Å². The molecular weight excluding hydrogens is 240 g/mol. The molecule has 1 aromatic rings. The van der Waals surface area contributed by atoms with Gasteiger partial charge in [-0.15, -0.1) is 0 Å². The molecule has 1 aromatic heterocycles. The summed E-state index contributed by atoms with van der Waals surface area (Å²) in [5, 5.41) is 2.77. The predicted octanol–water partition coefficient (Wildman–Crippen LogP) is 2.19. The van der Waals surface area contributed by atoms with Crippen LogP contribution in [0.3, 0.4) is 0 Å². The molecule has 0 aliphatic rings. The summed E-state index contributed by atoms with van der Waals surface area (Å²) in [7, 11) is 0. The van der Waals surface area contributed by atoms with Gasteiger partial charge in [0.15, 0.2) is 0 Å². The summed E-state index contributed by atoms with van der Waals surface area (Å²) in [6, 6.07) is 2.07. The van der Waals surface area contributed by atoms with Crippen LogP contribution in [0, 0.1) is 19.8 Å². The number of anilines is 1. The first-order valence-corrected chi connectivity index (χ1v) is 6.77. The van der Waals surface area contributed by atoms with Gasteiger partial charge in [-0.25, -0.2) is 9.97 Å². The Morgan fingerprint density at radius 3 is 2.37 bits per heavy atom. The van der Waals surface area contributed by atoms with Crippen molar-refractivity contribution in [1.82, 2.24) is 9.97 Å². The maximum atomic E-state index is 12.0. The number of hydrogen-bond acceptors (Lipinski definition) is 4. The van der Waals surface area contributed by atoms with E-state index in [1.807, 2.05) is 33.8 Å². The van der Waals surface area contributed by atoms with Crippen molar-refractivity contribution in [3.05, 3.63) is 17.5 Å². The van der Waals surface area contributed by atoms with Gasteiger partial charge < -0.3 is 5.73 Å². The number of nitrogens with zero attached hydrogens (tertiary/aromatic N) is 2. The summed E-state index contributed by atoms with van der Waals surface area (Å²) in [4.78, 5) is 20.4. The summed E-state index contributed by atoms with van der Waals surface area (Å²) in [5.41, 5.74) is 7.40. The van der Waals surface area contributed by atoms with Crippen molar-refractivity contribution in [3.8, 4) is 0 Å². The summed E-state index contributed by atoms with van der Waals surface area (Å²) < 4.78 is 0. The molecule has 0 aliphatic carbocycles. The number of aryl methyl sites for hydroxylation is 2. The van der Waals surface area contributed by atoms with Gasteiger partial charge in [0, 0.05) is 23.3 Å². The van der Waals surface area contributed by atoms with Crippen LogP contribution in [0.5, 0.6) is 0 Å². The minimum Gasteiger partial charge on any atom is -0.328 e. The first-order valence-electron chi connectivity index (χ1n) is 6.77. The number of nitrogens with one attached hydrogen (secondary N) is 1. The van der Waals surface area contributed by atoms with Gasteiger partial charge in [-0.05, 0) is 39.7 Å². The molecule has 0 fully saturated rings. The molecule has 0 bridgehead atoms. The van der Waals surface area contributed by atoms with Gasteiger partial charge in [-0.2, -0.15) is 0 Å². The molecule has 2 unspecified atom stereocenters. The fourth-order valence-corrected chi connectivity index (χ4v) is 1.89. The Balaban J connectivity index is 2.49. The molecule has 1 amide bonds. The molecule has 2 atom stereocenters. The third-order valence-electron chi connectivity index (χ3n) is 2.96. The number of amides is 1. The second kappa shape index (κ2) is 7.19. The minimum absolute atomic E-state index is 0.0327. The lowest BCUT2D eigenvalue weighted by Gasteiger charge is -2.12. The third-order valence-corrected chi connectivity index (χ3v) is 2.96. The number of nitrogens with two attached hydrogens (primary N) is 1. The monoisotopic (exact) mass is 264 g/mol. The highest BCUT2D eigenvalue weighted by Gasteiger charge is 2.14. The van der Waals surface area contributed by atoms with Gasteiger partial charge in [0.05, 0.1) is 0 Å². The molecule has 0 radical (unpaired) electrons. The van der Waals surface area contributed by atoms with E-state index in [4.69, 9.17) is 5.73 Å². The first-order chi connectivity index (χ1) is 8.88. The summed E-state index contributed by atoms with van der Waals surface area (Å²) in [6.07, 6.45) is 2.73. The topological polar surface area (TPSA) is 80.9 Å². The van der Waals surface area contributed by atoms with Gasteiger partial charge in [-0.1, -0.05) is 13.3 Å². The van der Waals surface area contributed by atoms with E-state index in [-0.39, 0.29) is 17.9 Å². The van der Waals surface area contributed by atoms with E-state index >= 15 is 0 Å². The van der Waals surface area contributed by atoms with Crippen molar-refractivity contribution in [1.29, 1.82) is 0 Å². The van der Waals surface area contributed by atoms with E-state index in [0.29, 0.717) is 5.95 Å². The Morgan fingerprint density at radius 1 is 1.26 bits per heavy atom. The fraction of sp³-hybridized carbons (Fsp3) is 0.643. The summed E-state index contributed by atoms with van der Waals surface area (Å²) >= 11 is 0. The Labute approximate surface area is 115 Å². The SMILES string of the molecule is Cc1cc(C)nc(NC(=O)C(C)CCCC(C)N)n1. The molecule has 0 saturated carbocycles. The zero-order chi connectivity index (χ0) is 14.4. The fourth-order valence-electron chi connectivity index (χ4n) is 1.89. The van der Waals surface area contributed by atoms with Crippen molar-refractivity contribution in [2.75, 3.05) is 5.32 Å². The highest BCUT2D eigenvalue weighted by Crippen LogP contribution is 2.12. The first kappa shape index (κ1) is 15.6. The highest BCUT2D eigenvalue weighted by atomic mass is 16.2. The normalized spacial score (nSPS) is 13.9. The second-order valence-corrected chi connectivity index (χ2v) is 5.27. The number of rotatable bonds is 6. The summed E-state index contributed by atoms with van der Waals surface area (Å²) in [6.45, 7) is 7.67. The quantitative estimate of drug-likeness (QED) is 0.825. The Bertz CT molecular complexity index is 411. The van der Waals surface area contributed by atoms with Crippen LogP contribution in [0.1, 0.15) is 44.5 Å². The summed E-state index contributed by atoms with van der Waals surface area (Å²) in [5.74, 6) is 0.305. The standard InChI is InChI=1S/C14H24N4O/c1-9(6-5-7-10(2)15)13(19)18-14-16-11(3)8-12(4)17-14/h8-10H,5-7,15H2,1-4H3,(H,16,17,18,19). The van der Waals surface area contributed by atoms with E-state index in [1.165, 1.54) is 0 Å². The number of hydrogen-bond donors (Lipinski definition) is 2. The Kier molecular flexibility index (Phi) is 5.89. The van der Waals surface area contributed by atoms with Crippen molar-refractivity contribution >= 4 is 11.9 Å². The van der Waals surface area contributed by atoms with Crippen molar-refractivity contribution in [2.24, 2.45) is 11.7 Å². The molecule has 3 N–H and O–H groups in total. The second-order valence-electron chi connectivity index (χ2n) is 5.27. The van der Waals surface area contributed by atoms with Crippen LogP contribution in [-0.4, -0.2) is 21.9 Å². The lowest BCUT2D eigenvalue weighted by atomic mass is 10.0. The van der Waals surface area contributed by atoms with Gasteiger partial charge in [-0.3, -0.25) is 10.1 Å². The number of aromatic nitrogens is 2. The lowest BCUT2D eigenvalue weighted by Crippen LogP contribution is -2.23. The molecule has 5 nitrogen and oxygen atoms in total. The van der Waals surface area contributed by atoms with Crippen LogP contribution >= 0.6 is 0 Å². The van der Waals surface area contributed by atoms with Gasteiger partial charge in [0.1, 0.15) is 0 Å². The van der Waals surface area contributed by atoms with Crippen LogP contribution < -0.4 is 11.1 Å². The van der Waals surface area contributed by atoms with E-state index < -0.39 is 0 Å².